The SMILES string of the molecule is Cn1c(/C=C/c2ccc(/C=N\N=C(N)N)cc2)c[n+]2ccccc12. The lowest BCUT2D eigenvalue weighted by molar-refractivity contribution is -0.510. The predicted molar refractivity (Wildman–Crippen MR) is 97.3 cm³/mol. The summed E-state index contributed by atoms with van der Waals surface area (Å²) in [7, 11) is 2.05. The van der Waals surface area contributed by atoms with E-state index in [0.717, 1.165) is 22.5 Å². The Morgan fingerprint density at radius 1 is 1.04 bits per heavy atom. The van der Waals surface area contributed by atoms with Gasteiger partial charge in [0.2, 0.25) is 5.96 Å². The Morgan fingerprint density at radius 2 is 1.79 bits per heavy atom. The van der Waals surface area contributed by atoms with Crippen LogP contribution in [0.5, 0.6) is 0 Å². The second-order valence-electron chi connectivity index (χ2n) is 5.35. The molecule has 0 aliphatic heterocycles. The number of pyridine rings is 1. The molecule has 3 rings (SSSR count). The van der Waals surface area contributed by atoms with Crippen LogP contribution in [-0.2, 0) is 7.05 Å². The summed E-state index contributed by atoms with van der Waals surface area (Å²) in [6.45, 7) is 0. The maximum atomic E-state index is 5.22. The number of guanidine groups is 1. The average Bonchev–Trinajstić information content (AvgIpc) is 2.90. The molecule has 4 N–H and O–H groups in total. The number of hydrogen-bond acceptors (Lipinski definition) is 2. The van der Waals surface area contributed by atoms with Gasteiger partial charge in [0.1, 0.15) is 6.20 Å². The van der Waals surface area contributed by atoms with Crippen molar-refractivity contribution in [3.63, 3.8) is 0 Å². The van der Waals surface area contributed by atoms with Crippen molar-refractivity contribution in [1.29, 1.82) is 0 Å². The highest BCUT2D eigenvalue weighted by atomic mass is 15.3. The molecule has 0 saturated carbocycles. The van der Waals surface area contributed by atoms with Gasteiger partial charge in [0, 0.05) is 6.07 Å². The van der Waals surface area contributed by atoms with E-state index >= 15 is 0 Å². The van der Waals surface area contributed by atoms with Crippen molar-refractivity contribution >= 4 is 30.0 Å². The lowest BCUT2D eigenvalue weighted by Crippen LogP contribution is -2.21. The van der Waals surface area contributed by atoms with Crippen molar-refractivity contribution in [3.05, 3.63) is 71.7 Å². The number of aryl methyl sites for hydroxylation is 1. The van der Waals surface area contributed by atoms with Gasteiger partial charge in [0.05, 0.1) is 19.5 Å². The minimum absolute atomic E-state index is 0.0568. The van der Waals surface area contributed by atoms with E-state index in [9.17, 15) is 0 Å². The number of nitrogens with zero attached hydrogens (tertiary/aromatic N) is 4. The molecule has 2 aromatic heterocycles. The number of fused-ring (bicyclic) bond motifs is 1. The Kier molecular flexibility index (Phi) is 4.38. The third-order valence-corrected chi connectivity index (χ3v) is 3.63. The fourth-order valence-corrected chi connectivity index (χ4v) is 2.39. The molecule has 0 saturated heterocycles. The normalized spacial score (nSPS) is 11.5. The number of imidazole rings is 1. The Labute approximate surface area is 140 Å². The summed E-state index contributed by atoms with van der Waals surface area (Å²) in [5.41, 5.74) is 14.7. The molecule has 0 radical (unpaired) electrons. The maximum absolute atomic E-state index is 5.22. The zero-order valence-electron chi connectivity index (χ0n) is 13.4. The smallest absolute Gasteiger partial charge is 0.286 e. The molecule has 0 fully saturated rings. The highest BCUT2D eigenvalue weighted by molar-refractivity contribution is 5.82. The van der Waals surface area contributed by atoms with E-state index in [1.54, 1.807) is 6.21 Å². The standard InChI is InChI=1S/C18H19N6/c1-23-16(13-24-11-3-2-4-17(23)24)10-9-14-5-7-15(8-6-14)12-21-22-18(19)20/h2-13H,1H3,(H4,19,20,22)/q+1/b10-9+,21-12-. The minimum atomic E-state index is -0.0568. The van der Waals surface area contributed by atoms with Gasteiger partial charge in [-0.15, -0.1) is 5.10 Å². The van der Waals surface area contributed by atoms with Crippen molar-refractivity contribution in [2.75, 3.05) is 0 Å². The molecule has 2 heterocycles. The van der Waals surface area contributed by atoms with E-state index in [1.165, 1.54) is 0 Å². The number of aromatic nitrogens is 2. The number of rotatable bonds is 4. The average molecular weight is 319 g/mol. The molecule has 0 aliphatic carbocycles. The molecule has 1 aromatic carbocycles. The summed E-state index contributed by atoms with van der Waals surface area (Å²) in [6.07, 6.45) is 9.91. The lowest BCUT2D eigenvalue weighted by Gasteiger charge is -1.95. The third kappa shape index (κ3) is 3.49. The monoisotopic (exact) mass is 319 g/mol. The van der Waals surface area contributed by atoms with Crippen LogP contribution >= 0.6 is 0 Å². The van der Waals surface area contributed by atoms with Crippen LogP contribution in [0.3, 0.4) is 0 Å². The summed E-state index contributed by atoms with van der Waals surface area (Å²) < 4.78 is 4.25. The number of benzene rings is 1. The molecule has 0 atom stereocenters. The summed E-state index contributed by atoms with van der Waals surface area (Å²) in [4.78, 5) is 0. The zero-order valence-corrected chi connectivity index (χ0v) is 13.4. The second-order valence-corrected chi connectivity index (χ2v) is 5.35. The first-order chi connectivity index (χ1) is 11.6. The molecule has 0 amide bonds. The molecular weight excluding hydrogens is 300 g/mol. The molecule has 0 aliphatic rings. The van der Waals surface area contributed by atoms with E-state index in [-0.39, 0.29) is 5.96 Å². The second kappa shape index (κ2) is 6.78. The van der Waals surface area contributed by atoms with Crippen LogP contribution < -0.4 is 15.9 Å². The van der Waals surface area contributed by atoms with E-state index in [0.29, 0.717) is 0 Å². The first kappa shape index (κ1) is 15.5. The van der Waals surface area contributed by atoms with Crippen molar-refractivity contribution in [3.8, 4) is 0 Å². The zero-order chi connectivity index (χ0) is 16.9. The summed E-state index contributed by atoms with van der Waals surface area (Å²) >= 11 is 0. The van der Waals surface area contributed by atoms with Crippen molar-refractivity contribution in [2.24, 2.45) is 28.7 Å². The Balaban J connectivity index is 1.77. The fourth-order valence-electron chi connectivity index (χ4n) is 2.39. The van der Waals surface area contributed by atoms with Gasteiger partial charge in [0.15, 0.2) is 5.69 Å². The van der Waals surface area contributed by atoms with Crippen LogP contribution in [0, 0.1) is 0 Å². The van der Waals surface area contributed by atoms with Crippen molar-refractivity contribution in [1.82, 2.24) is 4.57 Å². The Hall–Kier alpha value is -3.41. The molecule has 24 heavy (non-hydrogen) atoms. The van der Waals surface area contributed by atoms with Gasteiger partial charge in [-0.2, -0.15) is 5.10 Å². The molecular formula is C18H19N6+. The minimum Gasteiger partial charge on any atom is -0.369 e. The third-order valence-electron chi connectivity index (χ3n) is 3.63. The topological polar surface area (TPSA) is 85.8 Å². The maximum Gasteiger partial charge on any atom is 0.286 e. The summed E-state index contributed by atoms with van der Waals surface area (Å²) in [5.74, 6) is -0.0568. The van der Waals surface area contributed by atoms with Crippen LogP contribution in [0.15, 0.2) is 65.1 Å². The highest BCUT2D eigenvalue weighted by Gasteiger charge is 2.10. The highest BCUT2D eigenvalue weighted by Crippen LogP contribution is 2.10. The molecule has 6 nitrogen and oxygen atoms in total. The molecule has 0 unspecified atom stereocenters. The fraction of sp³-hybridized carbons (Fsp3) is 0.0556. The van der Waals surface area contributed by atoms with Crippen LogP contribution in [0.4, 0.5) is 0 Å². The van der Waals surface area contributed by atoms with Crippen LogP contribution in [-0.4, -0.2) is 16.7 Å². The molecule has 6 heteroatoms. The largest absolute Gasteiger partial charge is 0.369 e. The van der Waals surface area contributed by atoms with Gasteiger partial charge in [-0.3, -0.25) is 0 Å². The van der Waals surface area contributed by atoms with Crippen LogP contribution in [0.1, 0.15) is 16.8 Å². The van der Waals surface area contributed by atoms with Gasteiger partial charge >= 0.3 is 0 Å². The summed E-state index contributed by atoms with van der Waals surface area (Å²) in [6, 6.07) is 14.1. The Bertz CT molecular complexity index is 928. The van der Waals surface area contributed by atoms with Crippen LogP contribution in [0.2, 0.25) is 0 Å². The van der Waals surface area contributed by atoms with E-state index in [4.69, 9.17) is 11.5 Å². The quantitative estimate of drug-likeness (QED) is 0.331. The number of hydrogen-bond donors (Lipinski definition) is 2. The first-order valence-corrected chi connectivity index (χ1v) is 7.49. The van der Waals surface area contributed by atoms with Gasteiger partial charge in [-0.05, 0) is 23.3 Å². The molecule has 0 spiro atoms. The van der Waals surface area contributed by atoms with Crippen molar-refractivity contribution in [2.45, 2.75) is 0 Å². The summed E-state index contributed by atoms with van der Waals surface area (Å²) in [5, 5.41) is 7.36. The molecule has 120 valence electrons. The van der Waals surface area contributed by atoms with Crippen molar-refractivity contribution < 1.29 is 4.40 Å². The number of nitrogens with two attached hydrogens (primary N) is 2. The van der Waals surface area contributed by atoms with Gasteiger partial charge < -0.3 is 11.5 Å². The van der Waals surface area contributed by atoms with Gasteiger partial charge in [0.25, 0.3) is 5.65 Å². The lowest BCUT2D eigenvalue weighted by atomic mass is 10.1. The van der Waals surface area contributed by atoms with Gasteiger partial charge in [-0.1, -0.05) is 36.4 Å². The van der Waals surface area contributed by atoms with E-state index < -0.39 is 0 Å². The molecule has 0 bridgehead atoms. The molecule has 3 aromatic rings. The Morgan fingerprint density at radius 3 is 2.50 bits per heavy atom. The van der Waals surface area contributed by atoms with E-state index in [2.05, 4.69) is 50.6 Å². The first-order valence-electron chi connectivity index (χ1n) is 7.49. The van der Waals surface area contributed by atoms with Crippen LogP contribution in [0.25, 0.3) is 17.8 Å². The predicted octanol–water partition coefficient (Wildman–Crippen LogP) is 1.54. The van der Waals surface area contributed by atoms with E-state index in [1.807, 2.05) is 42.6 Å². The van der Waals surface area contributed by atoms with Gasteiger partial charge in [-0.25, -0.2) is 8.97 Å².